The molecule has 2 aliphatic carbocycles. The van der Waals surface area contributed by atoms with Gasteiger partial charge in [0.15, 0.2) is 0 Å². The molecule has 108 valence electrons. The molecular weight excluding hydrogens is 363 g/mol. The molecule has 2 bridgehead atoms. The van der Waals surface area contributed by atoms with E-state index in [9.17, 15) is 4.79 Å². The number of benzene rings is 1. The maximum absolute atomic E-state index is 12.5. The third-order valence-electron chi connectivity index (χ3n) is 4.88. The molecule has 2 atom stereocenters. The van der Waals surface area contributed by atoms with Crippen LogP contribution in [-0.2, 0) is 4.79 Å². The number of hydrogen-bond donors (Lipinski definition) is 2. The molecule has 0 heterocycles. The molecule has 2 fully saturated rings. The molecule has 3 rings (SSSR count). The molecule has 20 heavy (non-hydrogen) atoms. The van der Waals surface area contributed by atoms with E-state index in [-0.39, 0.29) is 11.8 Å². The lowest BCUT2D eigenvalue weighted by Crippen LogP contribution is -2.48. The summed E-state index contributed by atoms with van der Waals surface area (Å²) >= 11 is 2.26. The zero-order valence-corrected chi connectivity index (χ0v) is 13.7. The molecule has 0 aliphatic heterocycles. The van der Waals surface area contributed by atoms with Crippen molar-refractivity contribution in [1.29, 1.82) is 0 Å². The number of nitrogens with one attached hydrogen (secondary N) is 1. The van der Waals surface area contributed by atoms with Gasteiger partial charge in [0.2, 0.25) is 5.91 Å². The SMILES string of the molecule is NC1C2CCCC1CC(C(=O)Nc1cccc(I)c1)C2. The topological polar surface area (TPSA) is 55.1 Å². The number of carbonyl (C=O) groups excluding carboxylic acids is 1. The summed E-state index contributed by atoms with van der Waals surface area (Å²) in [5.41, 5.74) is 7.19. The zero-order valence-electron chi connectivity index (χ0n) is 11.5. The number of halogens is 1. The molecular formula is C16H21IN2O. The Bertz CT molecular complexity index is 491. The highest BCUT2D eigenvalue weighted by atomic mass is 127. The Kier molecular flexibility index (Phi) is 4.31. The summed E-state index contributed by atoms with van der Waals surface area (Å²) in [6.45, 7) is 0. The molecule has 0 radical (unpaired) electrons. The van der Waals surface area contributed by atoms with Crippen LogP contribution in [0, 0.1) is 21.3 Å². The fourth-order valence-electron chi connectivity index (χ4n) is 3.81. The van der Waals surface area contributed by atoms with Gasteiger partial charge in [-0.15, -0.1) is 0 Å². The van der Waals surface area contributed by atoms with Crippen LogP contribution in [0.4, 0.5) is 5.69 Å². The summed E-state index contributed by atoms with van der Waals surface area (Å²) in [6.07, 6.45) is 5.62. The Hall–Kier alpha value is -0.620. The second-order valence-electron chi connectivity index (χ2n) is 6.20. The molecule has 0 aromatic heterocycles. The number of anilines is 1. The van der Waals surface area contributed by atoms with Gasteiger partial charge < -0.3 is 11.1 Å². The van der Waals surface area contributed by atoms with Crippen molar-refractivity contribution in [3.63, 3.8) is 0 Å². The smallest absolute Gasteiger partial charge is 0.227 e. The van der Waals surface area contributed by atoms with Gasteiger partial charge in [0.05, 0.1) is 0 Å². The van der Waals surface area contributed by atoms with Gasteiger partial charge in [-0.05, 0) is 78.3 Å². The minimum absolute atomic E-state index is 0.142. The van der Waals surface area contributed by atoms with Crippen molar-refractivity contribution >= 4 is 34.2 Å². The minimum Gasteiger partial charge on any atom is -0.327 e. The molecule has 2 saturated carbocycles. The third-order valence-corrected chi connectivity index (χ3v) is 5.55. The summed E-state index contributed by atoms with van der Waals surface area (Å²) in [6, 6.07) is 8.29. The molecule has 1 aromatic carbocycles. The highest BCUT2D eigenvalue weighted by Gasteiger charge is 2.40. The average molecular weight is 384 g/mol. The van der Waals surface area contributed by atoms with Crippen LogP contribution in [0.5, 0.6) is 0 Å². The normalized spacial score (nSPS) is 32.7. The summed E-state index contributed by atoms with van der Waals surface area (Å²) < 4.78 is 1.14. The van der Waals surface area contributed by atoms with Crippen molar-refractivity contribution in [3.8, 4) is 0 Å². The van der Waals surface area contributed by atoms with Crippen LogP contribution in [0.1, 0.15) is 32.1 Å². The van der Waals surface area contributed by atoms with Crippen molar-refractivity contribution < 1.29 is 4.79 Å². The van der Waals surface area contributed by atoms with Gasteiger partial charge in [-0.2, -0.15) is 0 Å². The van der Waals surface area contributed by atoms with E-state index in [1.807, 2.05) is 24.3 Å². The third kappa shape index (κ3) is 3.01. The Balaban J connectivity index is 1.66. The Morgan fingerprint density at radius 1 is 1.25 bits per heavy atom. The lowest BCUT2D eigenvalue weighted by atomic mass is 9.65. The second kappa shape index (κ2) is 6.02. The van der Waals surface area contributed by atoms with Gasteiger partial charge in [0.1, 0.15) is 0 Å². The number of rotatable bonds is 2. The van der Waals surface area contributed by atoms with Crippen LogP contribution in [0.3, 0.4) is 0 Å². The second-order valence-corrected chi connectivity index (χ2v) is 7.44. The first-order chi connectivity index (χ1) is 9.63. The molecule has 3 N–H and O–H groups in total. The molecule has 1 aromatic rings. The van der Waals surface area contributed by atoms with Crippen molar-refractivity contribution in [1.82, 2.24) is 0 Å². The quantitative estimate of drug-likeness (QED) is 0.769. The predicted octanol–water partition coefficient (Wildman–Crippen LogP) is 3.38. The van der Waals surface area contributed by atoms with Gasteiger partial charge >= 0.3 is 0 Å². The van der Waals surface area contributed by atoms with Crippen LogP contribution >= 0.6 is 22.6 Å². The molecule has 0 saturated heterocycles. The van der Waals surface area contributed by atoms with Gasteiger partial charge in [-0.1, -0.05) is 12.5 Å². The Morgan fingerprint density at radius 2 is 1.95 bits per heavy atom. The lowest BCUT2D eigenvalue weighted by molar-refractivity contribution is -0.122. The number of hydrogen-bond acceptors (Lipinski definition) is 2. The highest BCUT2D eigenvalue weighted by molar-refractivity contribution is 14.1. The van der Waals surface area contributed by atoms with Crippen LogP contribution in [0.15, 0.2) is 24.3 Å². The lowest BCUT2D eigenvalue weighted by Gasteiger charge is -2.43. The monoisotopic (exact) mass is 384 g/mol. The van der Waals surface area contributed by atoms with E-state index in [2.05, 4.69) is 27.9 Å². The van der Waals surface area contributed by atoms with E-state index >= 15 is 0 Å². The molecule has 1 amide bonds. The number of fused-ring (bicyclic) bond motifs is 2. The Labute approximate surface area is 133 Å². The largest absolute Gasteiger partial charge is 0.327 e. The highest BCUT2D eigenvalue weighted by Crippen LogP contribution is 2.42. The zero-order chi connectivity index (χ0) is 14.1. The van der Waals surface area contributed by atoms with Crippen molar-refractivity contribution in [2.45, 2.75) is 38.1 Å². The van der Waals surface area contributed by atoms with E-state index < -0.39 is 0 Å². The summed E-state index contributed by atoms with van der Waals surface area (Å²) in [5.74, 6) is 1.42. The Morgan fingerprint density at radius 3 is 2.60 bits per heavy atom. The first-order valence-corrected chi connectivity index (χ1v) is 8.53. The molecule has 2 unspecified atom stereocenters. The minimum atomic E-state index is 0.142. The maximum atomic E-state index is 12.5. The van der Waals surface area contributed by atoms with E-state index in [1.54, 1.807) is 0 Å². The van der Waals surface area contributed by atoms with Crippen LogP contribution in [-0.4, -0.2) is 11.9 Å². The molecule has 0 spiro atoms. The van der Waals surface area contributed by atoms with Gasteiger partial charge in [-0.3, -0.25) is 4.79 Å². The van der Waals surface area contributed by atoms with E-state index in [0.717, 1.165) is 22.1 Å². The van der Waals surface area contributed by atoms with Gasteiger partial charge in [-0.25, -0.2) is 0 Å². The first-order valence-electron chi connectivity index (χ1n) is 7.45. The van der Waals surface area contributed by atoms with E-state index in [4.69, 9.17) is 5.73 Å². The fraction of sp³-hybridized carbons (Fsp3) is 0.562. The van der Waals surface area contributed by atoms with Crippen LogP contribution in [0.25, 0.3) is 0 Å². The number of amides is 1. The number of carbonyl (C=O) groups is 1. The van der Waals surface area contributed by atoms with E-state index in [0.29, 0.717) is 17.9 Å². The number of nitrogens with two attached hydrogens (primary N) is 1. The molecule has 3 nitrogen and oxygen atoms in total. The van der Waals surface area contributed by atoms with Crippen LogP contribution in [0.2, 0.25) is 0 Å². The van der Waals surface area contributed by atoms with Gasteiger partial charge in [0.25, 0.3) is 0 Å². The van der Waals surface area contributed by atoms with Gasteiger partial charge in [0, 0.05) is 21.2 Å². The molecule has 2 aliphatic rings. The van der Waals surface area contributed by atoms with Crippen molar-refractivity contribution in [3.05, 3.63) is 27.8 Å². The van der Waals surface area contributed by atoms with Crippen LogP contribution < -0.4 is 11.1 Å². The summed E-state index contributed by atoms with van der Waals surface area (Å²) in [4.78, 5) is 12.5. The van der Waals surface area contributed by atoms with Crippen molar-refractivity contribution in [2.24, 2.45) is 23.5 Å². The standard InChI is InChI=1S/C16H21IN2O/c17-13-5-2-6-14(9-13)19-16(20)12-7-10-3-1-4-11(8-12)15(10)18/h2,5-6,9-12,15H,1,3-4,7-8,18H2,(H,19,20). The predicted molar refractivity (Wildman–Crippen MR) is 89.3 cm³/mol. The first kappa shape index (κ1) is 14.3. The summed E-state index contributed by atoms with van der Waals surface area (Å²) in [5, 5.41) is 3.07. The van der Waals surface area contributed by atoms with E-state index in [1.165, 1.54) is 19.3 Å². The van der Waals surface area contributed by atoms with Crippen molar-refractivity contribution in [2.75, 3.05) is 5.32 Å². The maximum Gasteiger partial charge on any atom is 0.227 e. The average Bonchev–Trinajstić information content (AvgIpc) is 2.38. The fourth-order valence-corrected chi connectivity index (χ4v) is 4.36. The summed E-state index contributed by atoms with van der Waals surface area (Å²) in [7, 11) is 0. The molecule has 4 heteroatoms.